The van der Waals surface area contributed by atoms with E-state index < -0.39 is 5.97 Å². The van der Waals surface area contributed by atoms with Crippen molar-refractivity contribution in [3.8, 4) is 0 Å². The van der Waals surface area contributed by atoms with Gasteiger partial charge in [-0.3, -0.25) is 0 Å². The van der Waals surface area contributed by atoms with Crippen LogP contribution in [0.2, 0.25) is 5.02 Å². The van der Waals surface area contributed by atoms with Crippen molar-refractivity contribution in [1.29, 1.82) is 0 Å². The maximum absolute atomic E-state index is 10.5. The maximum atomic E-state index is 10.5. The molecule has 0 spiro atoms. The van der Waals surface area contributed by atoms with Gasteiger partial charge in [0.15, 0.2) is 0 Å². The molecule has 0 fully saturated rings. The lowest BCUT2D eigenvalue weighted by atomic mass is 10.3. The molecular formula is C8H9ClO2S. The molecule has 0 aliphatic carbocycles. The summed E-state index contributed by atoms with van der Waals surface area (Å²) in [4.78, 5) is 11.8. The summed E-state index contributed by atoms with van der Waals surface area (Å²) in [5, 5.41) is 9.23. The van der Waals surface area contributed by atoms with Crippen molar-refractivity contribution in [2.75, 3.05) is 0 Å². The van der Waals surface area contributed by atoms with E-state index in [1.807, 2.05) is 6.92 Å². The Morgan fingerprint density at radius 1 is 1.75 bits per heavy atom. The lowest BCUT2D eigenvalue weighted by Crippen LogP contribution is -1.89. The topological polar surface area (TPSA) is 37.3 Å². The molecule has 0 saturated carbocycles. The summed E-state index contributed by atoms with van der Waals surface area (Å²) in [5.41, 5.74) is 0. The van der Waals surface area contributed by atoms with Gasteiger partial charge < -0.3 is 5.11 Å². The van der Waals surface area contributed by atoms with Gasteiger partial charge in [0.1, 0.15) is 4.88 Å². The zero-order chi connectivity index (χ0) is 9.14. The highest BCUT2D eigenvalue weighted by Crippen LogP contribution is 2.27. The van der Waals surface area contributed by atoms with Crippen molar-refractivity contribution >= 4 is 28.9 Å². The van der Waals surface area contributed by atoms with E-state index in [4.69, 9.17) is 16.7 Å². The smallest absolute Gasteiger partial charge is 0.345 e. The van der Waals surface area contributed by atoms with Gasteiger partial charge in [0.05, 0.1) is 5.02 Å². The van der Waals surface area contributed by atoms with Crippen LogP contribution >= 0.6 is 22.9 Å². The number of carboxylic acid groups (broad SMARTS) is 1. The second-order valence-corrected chi connectivity index (χ2v) is 3.98. The number of hydrogen-bond acceptors (Lipinski definition) is 2. The molecule has 1 aromatic rings. The summed E-state index contributed by atoms with van der Waals surface area (Å²) >= 11 is 7.08. The van der Waals surface area contributed by atoms with E-state index in [2.05, 4.69) is 0 Å². The van der Waals surface area contributed by atoms with Crippen molar-refractivity contribution in [3.63, 3.8) is 0 Å². The number of thiophene rings is 1. The van der Waals surface area contributed by atoms with Gasteiger partial charge in [-0.2, -0.15) is 0 Å². The largest absolute Gasteiger partial charge is 0.477 e. The van der Waals surface area contributed by atoms with E-state index in [1.165, 1.54) is 17.4 Å². The molecule has 0 bridgehead atoms. The first kappa shape index (κ1) is 9.55. The Morgan fingerprint density at radius 2 is 2.42 bits per heavy atom. The summed E-state index contributed by atoms with van der Waals surface area (Å²) in [7, 11) is 0. The number of carboxylic acids is 1. The fraction of sp³-hybridized carbons (Fsp3) is 0.375. The van der Waals surface area contributed by atoms with E-state index in [9.17, 15) is 4.79 Å². The van der Waals surface area contributed by atoms with Gasteiger partial charge in [-0.25, -0.2) is 4.79 Å². The van der Waals surface area contributed by atoms with E-state index in [0.29, 0.717) is 9.90 Å². The van der Waals surface area contributed by atoms with Crippen LogP contribution in [-0.4, -0.2) is 11.1 Å². The summed E-state index contributed by atoms with van der Waals surface area (Å²) < 4.78 is 0. The highest BCUT2D eigenvalue weighted by molar-refractivity contribution is 7.14. The van der Waals surface area contributed by atoms with E-state index in [-0.39, 0.29) is 0 Å². The monoisotopic (exact) mass is 204 g/mol. The van der Waals surface area contributed by atoms with Crippen LogP contribution in [0.25, 0.3) is 0 Å². The van der Waals surface area contributed by atoms with Crippen LogP contribution in [0.15, 0.2) is 6.07 Å². The minimum absolute atomic E-state index is 0.323. The molecule has 1 rings (SSSR count). The Bertz CT molecular complexity index is 293. The van der Waals surface area contributed by atoms with Gasteiger partial charge in [0, 0.05) is 4.88 Å². The van der Waals surface area contributed by atoms with Crippen LogP contribution in [-0.2, 0) is 6.42 Å². The minimum atomic E-state index is -0.899. The zero-order valence-electron chi connectivity index (χ0n) is 6.63. The molecule has 4 heteroatoms. The molecule has 0 aliphatic rings. The molecule has 1 N–H and O–H groups in total. The first-order chi connectivity index (χ1) is 5.65. The second kappa shape index (κ2) is 3.92. The fourth-order valence-corrected chi connectivity index (χ4v) is 2.29. The number of aryl methyl sites for hydroxylation is 1. The first-order valence-corrected chi connectivity index (χ1v) is 4.86. The Hall–Kier alpha value is -0.540. The molecule has 2 nitrogen and oxygen atoms in total. The highest BCUT2D eigenvalue weighted by Gasteiger charge is 2.10. The SMILES string of the molecule is CCCc1sc(C(=O)O)cc1Cl. The van der Waals surface area contributed by atoms with Crippen molar-refractivity contribution in [3.05, 3.63) is 20.8 Å². The Morgan fingerprint density at radius 3 is 2.83 bits per heavy atom. The number of rotatable bonds is 3. The van der Waals surface area contributed by atoms with Crippen LogP contribution in [0.1, 0.15) is 27.9 Å². The quantitative estimate of drug-likeness (QED) is 0.822. The average molecular weight is 205 g/mol. The third-order valence-corrected chi connectivity index (χ3v) is 3.08. The third kappa shape index (κ3) is 1.99. The Labute approximate surface area is 79.8 Å². The number of halogens is 1. The summed E-state index contributed by atoms with van der Waals surface area (Å²) in [6.07, 6.45) is 1.84. The highest BCUT2D eigenvalue weighted by atomic mass is 35.5. The van der Waals surface area contributed by atoms with Gasteiger partial charge >= 0.3 is 5.97 Å². The van der Waals surface area contributed by atoms with Gasteiger partial charge in [0.25, 0.3) is 0 Å². The molecular weight excluding hydrogens is 196 g/mol. The normalized spacial score (nSPS) is 10.2. The van der Waals surface area contributed by atoms with Crippen molar-refractivity contribution < 1.29 is 9.90 Å². The molecule has 0 unspecified atom stereocenters. The Kier molecular flexibility index (Phi) is 3.12. The van der Waals surface area contributed by atoms with Crippen molar-refractivity contribution in [2.45, 2.75) is 19.8 Å². The van der Waals surface area contributed by atoms with Crippen LogP contribution in [0.3, 0.4) is 0 Å². The lowest BCUT2D eigenvalue weighted by molar-refractivity contribution is 0.0702. The fourth-order valence-electron chi connectivity index (χ4n) is 0.909. The number of aromatic carboxylic acids is 1. The average Bonchev–Trinajstić information content (AvgIpc) is 2.34. The molecule has 0 saturated heterocycles. The Balaban J connectivity index is 2.92. The van der Waals surface area contributed by atoms with E-state index in [1.54, 1.807) is 0 Å². The predicted octanol–water partition coefficient (Wildman–Crippen LogP) is 3.05. The minimum Gasteiger partial charge on any atom is -0.477 e. The lowest BCUT2D eigenvalue weighted by Gasteiger charge is -1.90. The van der Waals surface area contributed by atoms with Crippen LogP contribution in [0, 0.1) is 0 Å². The zero-order valence-corrected chi connectivity index (χ0v) is 8.21. The second-order valence-electron chi connectivity index (χ2n) is 2.44. The summed E-state index contributed by atoms with van der Waals surface area (Å²) in [6, 6.07) is 1.51. The van der Waals surface area contributed by atoms with Gasteiger partial charge in [-0.1, -0.05) is 24.9 Å². The number of carbonyl (C=O) groups is 1. The predicted molar refractivity (Wildman–Crippen MR) is 50.3 cm³/mol. The summed E-state index contributed by atoms with van der Waals surface area (Å²) in [6.45, 7) is 2.04. The molecule has 1 aromatic heterocycles. The van der Waals surface area contributed by atoms with Gasteiger partial charge in [-0.15, -0.1) is 11.3 Å². The van der Waals surface area contributed by atoms with Crippen LogP contribution in [0.5, 0.6) is 0 Å². The summed E-state index contributed by atoms with van der Waals surface area (Å²) in [5.74, 6) is -0.899. The standard InChI is InChI=1S/C8H9ClO2S/c1-2-3-6-5(9)4-7(12-6)8(10)11/h4H,2-3H2,1H3,(H,10,11). The number of hydrogen-bond donors (Lipinski definition) is 1. The van der Waals surface area contributed by atoms with Crippen molar-refractivity contribution in [1.82, 2.24) is 0 Å². The molecule has 0 aromatic carbocycles. The molecule has 0 amide bonds. The maximum Gasteiger partial charge on any atom is 0.345 e. The first-order valence-electron chi connectivity index (χ1n) is 3.66. The van der Waals surface area contributed by atoms with Gasteiger partial charge in [-0.05, 0) is 12.5 Å². The van der Waals surface area contributed by atoms with Crippen LogP contribution < -0.4 is 0 Å². The van der Waals surface area contributed by atoms with E-state index in [0.717, 1.165) is 17.7 Å². The molecule has 0 aliphatic heterocycles. The third-order valence-electron chi connectivity index (χ3n) is 1.45. The van der Waals surface area contributed by atoms with Gasteiger partial charge in [0.2, 0.25) is 0 Å². The van der Waals surface area contributed by atoms with E-state index >= 15 is 0 Å². The van der Waals surface area contributed by atoms with Crippen LogP contribution in [0.4, 0.5) is 0 Å². The molecule has 12 heavy (non-hydrogen) atoms. The van der Waals surface area contributed by atoms with Crippen molar-refractivity contribution in [2.24, 2.45) is 0 Å². The molecule has 0 radical (unpaired) electrons. The molecule has 1 heterocycles. The molecule has 0 atom stereocenters. The molecule has 66 valence electrons.